The standard InChI is InChI=1S/C31H27N3O3/c35-29(24-13-11-23(12-14-24)22-7-3-1-4-8-22)32-27-15-16-28-26-17-21(19-34(28)31(27)37)18-33(20-26)30(36)25-9-5-2-6-10-25/h1-16,21,26H,17-20H2,(H,32,35)/t21-,26-/m1/s1. The molecule has 37 heavy (non-hydrogen) atoms. The molecule has 0 aliphatic carbocycles. The first-order chi connectivity index (χ1) is 18.1. The highest BCUT2D eigenvalue weighted by molar-refractivity contribution is 6.04. The number of hydrogen-bond donors (Lipinski definition) is 1. The smallest absolute Gasteiger partial charge is 0.274 e. The van der Waals surface area contributed by atoms with E-state index in [2.05, 4.69) is 5.32 Å². The summed E-state index contributed by atoms with van der Waals surface area (Å²) in [6, 6.07) is 30.3. The van der Waals surface area contributed by atoms with Gasteiger partial charge in [-0.15, -0.1) is 0 Å². The van der Waals surface area contributed by atoms with Crippen LogP contribution in [0.25, 0.3) is 11.1 Å². The van der Waals surface area contributed by atoms with Crippen molar-refractivity contribution in [3.05, 3.63) is 124 Å². The van der Waals surface area contributed by atoms with Crippen LogP contribution in [0, 0.1) is 5.92 Å². The summed E-state index contributed by atoms with van der Waals surface area (Å²) in [5, 5.41) is 2.81. The van der Waals surface area contributed by atoms with Crippen LogP contribution in [0.1, 0.15) is 38.7 Å². The van der Waals surface area contributed by atoms with Crippen molar-refractivity contribution in [3.8, 4) is 11.1 Å². The van der Waals surface area contributed by atoms with Crippen LogP contribution in [0.4, 0.5) is 5.69 Å². The molecule has 0 spiro atoms. The van der Waals surface area contributed by atoms with E-state index in [0.717, 1.165) is 23.2 Å². The minimum atomic E-state index is -0.312. The average Bonchev–Trinajstić information content (AvgIpc) is 2.95. The first-order valence-electron chi connectivity index (χ1n) is 12.6. The van der Waals surface area contributed by atoms with Gasteiger partial charge in [-0.2, -0.15) is 0 Å². The normalized spacial score (nSPS) is 18.1. The highest BCUT2D eigenvalue weighted by Gasteiger charge is 2.37. The van der Waals surface area contributed by atoms with E-state index in [9.17, 15) is 14.4 Å². The Morgan fingerprint density at radius 2 is 1.38 bits per heavy atom. The Kier molecular flexibility index (Phi) is 5.93. The number of benzene rings is 3. The van der Waals surface area contributed by atoms with E-state index in [1.54, 1.807) is 22.8 Å². The van der Waals surface area contributed by atoms with E-state index >= 15 is 0 Å². The van der Waals surface area contributed by atoms with Gasteiger partial charge < -0.3 is 14.8 Å². The maximum Gasteiger partial charge on any atom is 0.274 e. The topological polar surface area (TPSA) is 71.4 Å². The largest absolute Gasteiger partial charge is 0.338 e. The zero-order valence-corrected chi connectivity index (χ0v) is 20.3. The molecule has 2 amide bonds. The van der Waals surface area contributed by atoms with Crippen molar-refractivity contribution in [3.63, 3.8) is 0 Å². The van der Waals surface area contributed by atoms with Crippen LogP contribution in [0.3, 0.4) is 0 Å². The second-order valence-electron chi connectivity index (χ2n) is 9.86. The summed E-state index contributed by atoms with van der Waals surface area (Å²) in [6.45, 7) is 1.75. The van der Waals surface area contributed by atoms with Crippen LogP contribution in [-0.2, 0) is 6.54 Å². The molecule has 6 nitrogen and oxygen atoms in total. The minimum absolute atomic E-state index is 0.0354. The molecule has 2 bridgehead atoms. The lowest BCUT2D eigenvalue weighted by atomic mass is 9.83. The van der Waals surface area contributed by atoms with Gasteiger partial charge in [-0.25, -0.2) is 0 Å². The highest BCUT2D eigenvalue weighted by atomic mass is 16.2. The van der Waals surface area contributed by atoms with Gasteiger partial charge in [0.05, 0.1) is 0 Å². The molecule has 2 atom stereocenters. The summed E-state index contributed by atoms with van der Waals surface area (Å²) in [6.07, 6.45) is 0.956. The number of hydrogen-bond acceptors (Lipinski definition) is 3. The molecule has 0 saturated carbocycles. The summed E-state index contributed by atoms with van der Waals surface area (Å²) >= 11 is 0. The number of fused-ring (bicyclic) bond motifs is 4. The molecule has 1 fully saturated rings. The van der Waals surface area contributed by atoms with Crippen molar-refractivity contribution in [1.29, 1.82) is 0 Å². The molecule has 6 rings (SSSR count). The van der Waals surface area contributed by atoms with Crippen molar-refractivity contribution in [2.75, 3.05) is 18.4 Å². The van der Waals surface area contributed by atoms with Gasteiger partial charge in [-0.3, -0.25) is 14.4 Å². The molecule has 3 heterocycles. The molecule has 2 aliphatic rings. The molecule has 2 aliphatic heterocycles. The van der Waals surface area contributed by atoms with Crippen LogP contribution in [0.2, 0.25) is 0 Å². The lowest BCUT2D eigenvalue weighted by Gasteiger charge is -2.43. The van der Waals surface area contributed by atoms with Gasteiger partial charge in [-0.05, 0) is 59.9 Å². The van der Waals surface area contributed by atoms with E-state index in [1.165, 1.54) is 0 Å². The molecular formula is C31H27N3O3. The maximum absolute atomic E-state index is 13.4. The molecule has 0 radical (unpaired) electrons. The lowest BCUT2D eigenvalue weighted by Crippen LogP contribution is -2.49. The van der Waals surface area contributed by atoms with Crippen molar-refractivity contribution in [2.45, 2.75) is 18.9 Å². The van der Waals surface area contributed by atoms with Crippen LogP contribution in [-0.4, -0.2) is 34.4 Å². The Morgan fingerprint density at radius 1 is 0.703 bits per heavy atom. The van der Waals surface area contributed by atoms with Crippen molar-refractivity contribution < 1.29 is 9.59 Å². The number of carbonyl (C=O) groups excluding carboxylic acids is 2. The SMILES string of the molecule is O=C(Nc1ccc2n(c1=O)C[C@@H]1C[C@@H]2CN(C(=O)c2ccccc2)C1)c1ccc(-c2ccccc2)cc1. The monoisotopic (exact) mass is 489 g/mol. The third kappa shape index (κ3) is 4.47. The first-order valence-corrected chi connectivity index (χ1v) is 12.6. The van der Waals surface area contributed by atoms with Gasteiger partial charge in [-0.1, -0.05) is 60.7 Å². The van der Waals surface area contributed by atoms with Crippen LogP contribution < -0.4 is 10.9 Å². The predicted octanol–water partition coefficient (Wildman–Crippen LogP) is 5.03. The average molecular weight is 490 g/mol. The number of likely N-dealkylation sites (tertiary alicyclic amines) is 1. The third-order valence-corrected chi connectivity index (χ3v) is 7.41. The van der Waals surface area contributed by atoms with E-state index in [0.29, 0.717) is 30.8 Å². The Bertz CT molecular complexity index is 1510. The quantitative estimate of drug-likeness (QED) is 0.437. The first kappa shape index (κ1) is 23.0. The Labute approximate surface area is 215 Å². The molecular weight excluding hydrogens is 462 g/mol. The van der Waals surface area contributed by atoms with E-state index in [4.69, 9.17) is 0 Å². The number of carbonyl (C=O) groups is 2. The number of piperidine rings is 1. The summed E-state index contributed by atoms with van der Waals surface area (Å²) in [5.41, 5.74) is 4.30. The number of nitrogens with one attached hydrogen (secondary N) is 1. The number of amides is 2. The number of nitrogens with zero attached hydrogens (tertiary/aromatic N) is 2. The highest BCUT2D eigenvalue weighted by Crippen LogP contribution is 2.36. The molecule has 4 aromatic rings. The maximum atomic E-state index is 13.4. The van der Waals surface area contributed by atoms with Crippen LogP contribution >= 0.6 is 0 Å². The molecule has 0 unspecified atom stereocenters. The van der Waals surface area contributed by atoms with Crippen molar-refractivity contribution in [2.24, 2.45) is 5.92 Å². The Hall–Kier alpha value is -4.45. The Balaban J connectivity index is 1.19. The predicted molar refractivity (Wildman–Crippen MR) is 144 cm³/mol. The van der Waals surface area contributed by atoms with Crippen molar-refractivity contribution in [1.82, 2.24) is 9.47 Å². The second kappa shape index (κ2) is 9.54. The number of rotatable bonds is 4. The summed E-state index contributed by atoms with van der Waals surface area (Å²) in [7, 11) is 0. The molecule has 1 N–H and O–H groups in total. The Morgan fingerprint density at radius 3 is 2.11 bits per heavy atom. The molecule has 1 saturated heterocycles. The zero-order chi connectivity index (χ0) is 25.4. The van der Waals surface area contributed by atoms with E-state index in [1.807, 2.05) is 83.8 Å². The minimum Gasteiger partial charge on any atom is -0.338 e. The van der Waals surface area contributed by atoms with Gasteiger partial charge in [0.2, 0.25) is 0 Å². The van der Waals surface area contributed by atoms with Gasteiger partial charge in [0.25, 0.3) is 17.4 Å². The molecule has 3 aromatic carbocycles. The van der Waals surface area contributed by atoms with Crippen molar-refractivity contribution >= 4 is 17.5 Å². The zero-order valence-electron chi connectivity index (χ0n) is 20.3. The van der Waals surface area contributed by atoms with Gasteiger partial charge in [0.1, 0.15) is 5.69 Å². The summed E-state index contributed by atoms with van der Waals surface area (Å²) in [5.74, 6) is 0.0254. The van der Waals surface area contributed by atoms with Crippen LogP contribution in [0.5, 0.6) is 0 Å². The fourth-order valence-electron chi connectivity index (χ4n) is 5.61. The molecule has 1 aromatic heterocycles. The fraction of sp³-hybridized carbons (Fsp3) is 0.194. The third-order valence-electron chi connectivity index (χ3n) is 7.41. The molecule has 184 valence electrons. The number of anilines is 1. The fourth-order valence-corrected chi connectivity index (χ4v) is 5.61. The second-order valence-corrected chi connectivity index (χ2v) is 9.86. The van der Waals surface area contributed by atoms with E-state index in [-0.39, 0.29) is 34.9 Å². The van der Waals surface area contributed by atoms with Gasteiger partial charge in [0, 0.05) is 42.4 Å². The number of aromatic nitrogens is 1. The van der Waals surface area contributed by atoms with Gasteiger partial charge >= 0.3 is 0 Å². The summed E-state index contributed by atoms with van der Waals surface area (Å²) in [4.78, 5) is 41.2. The lowest BCUT2D eigenvalue weighted by molar-refractivity contribution is 0.0594. The van der Waals surface area contributed by atoms with Gasteiger partial charge in [0.15, 0.2) is 0 Å². The van der Waals surface area contributed by atoms with Crippen LogP contribution in [0.15, 0.2) is 102 Å². The molecule has 6 heteroatoms. The summed E-state index contributed by atoms with van der Waals surface area (Å²) < 4.78 is 1.79. The number of pyridine rings is 1. The van der Waals surface area contributed by atoms with E-state index < -0.39 is 0 Å².